The number of carbonyl (C=O) groups is 5. The summed E-state index contributed by atoms with van der Waals surface area (Å²) in [6.45, 7) is 0.623. The molecule has 4 saturated carbocycles. The standard InChI is InChI=1S/C48H49N3O7/c1-57-46(55)31-20-32(47(56)58-2)22-33(21-31)50-43(52)38(19-27-10-4-3-5-11-27)51-45(54)42-40-36-14-8-6-12-34(36)39(35-13-7-9-15-37(35)40)41(42)44(53)49-26-48-23-28-16-29(24-48)18-30(17-28)25-48/h3-15,20-22,28-30,38-42H,16-19,23-26H2,1-2H3,(H,49,53)(H,50,52)(H,51,54)/t28?,29?,30?,38-,39?,40?,41+,42-,48?/m0/s1. The van der Waals surface area contributed by atoms with Crippen molar-refractivity contribution in [1.82, 2.24) is 10.6 Å². The summed E-state index contributed by atoms with van der Waals surface area (Å²) in [5, 5.41) is 9.42. The number of hydrogen-bond acceptors (Lipinski definition) is 7. The zero-order valence-electron chi connectivity index (χ0n) is 32.9. The van der Waals surface area contributed by atoms with Gasteiger partial charge in [0.05, 0.1) is 37.2 Å². The minimum absolute atomic E-state index is 0.0438. The first-order valence-electron chi connectivity index (χ1n) is 20.6. The first kappa shape index (κ1) is 37.8. The van der Waals surface area contributed by atoms with Gasteiger partial charge < -0.3 is 25.4 Å². The topological polar surface area (TPSA) is 140 Å². The van der Waals surface area contributed by atoms with Crippen LogP contribution < -0.4 is 16.0 Å². The zero-order chi connectivity index (χ0) is 40.1. The monoisotopic (exact) mass is 779 g/mol. The van der Waals surface area contributed by atoms with E-state index in [1.165, 1.54) is 51.7 Å². The van der Waals surface area contributed by atoms with Crippen molar-refractivity contribution in [3.05, 3.63) is 136 Å². The first-order chi connectivity index (χ1) is 28.1. The fourth-order valence-electron chi connectivity index (χ4n) is 11.9. The number of benzene rings is 4. The number of anilines is 1. The van der Waals surface area contributed by atoms with Gasteiger partial charge in [-0.05, 0) is 108 Å². The van der Waals surface area contributed by atoms with E-state index in [0.29, 0.717) is 6.54 Å². The number of ether oxygens (including phenoxy) is 2. The summed E-state index contributed by atoms with van der Waals surface area (Å²) in [5.74, 6) is -2.48. The first-order valence-corrected chi connectivity index (χ1v) is 20.6. The SMILES string of the molecule is COC(=O)c1cc(NC(=O)[C@H](Cc2ccccc2)NC(=O)[C@H]2C3c4ccccc4C(c4ccccc43)[C@H]2C(=O)NCC23CC4CC(CC(C4)C2)C3)cc(C(=O)OC)c1. The van der Waals surface area contributed by atoms with Gasteiger partial charge in [-0.2, -0.15) is 0 Å². The maximum Gasteiger partial charge on any atom is 0.337 e. The van der Waals surface area contributed by atoms with Crippen LogP contribution in [0.5, 0.6) is 0 Å². The van der Waals surface area contributed by atoms with E-state index in [2.05, 4.69) is 40.2 Å². The van der Waals surface area contributed by atoms with Gasteiger partial charge >= 0.3 is 11.9 Å². The van der Waals surface area contributed by atoms with Gasteiger partial charge in [0.2, 0.25) is 17.7 Å². The molecule has 0 saturated heterocycles. The van der Waals surface area contributed by atoms with Crippen molar-refractivity contribution in [1.29, 1.82) is 0 Å². The van der Waals surface area contributed by atoms with Crippen molar-refractivity contribution in [3.63, 3.8) is 0 Å². The molecule has 0 heterocycles. The molecule has 4 aromatic rings. The van der Waals surface area contributed by atoms with Gasteiger partial charge in [-0.3, -0.25) is 14.4 Å². The Bertz CT molecular complexity index is 2170. The van der Waals surface area contributed by atoms with Crippen LogP contribution in [0.1, 0.15) is 98.9 Å². The molecule has 0 aromatic heterocycles. The van der Waals surface area contributed by atoms with E-state index < -0.39 is 41.6 Å². The van der Waals surface area contributed by atoms with Gasteiger partial charge in [0, 0.05) is 30.5 Å². The van der Waals surface area contributed by atoms with Gasteiger partial charge in [-0.1, -0.05) is 78.9 Å². The molecule has 0 spiro atoms. The molecule has 4 fully saturated rings. The number of rotatable bonds is 11. The molecule has 298 valence electrons. The smallest absolute Gasteiger partial charge is 0.337 e. The van der Waals surface area contributed by atoms with Gasteiger partial charge in [-0.25, -0.2) is 9.59 Å². The van der Waals surface area contributed by atoms with Crippen molar-refractivity contribution in [2.45, 2.75) is 62.8 Å². The maximum atomic E-state index is 15.2. The quantitative estimate of drug-likeness (QED) is 0.143. The highest BCUT2D eigenvalue weighted by Gasteiger charge is 2.56. The van der Waals surface area contributed by atoms with E-state index in [1.807, 2.05) is 54.6 Å². The molecule has 11 rings (SSSR count). The van der Waals surface area contributed by atoms with E-state index in [9.17, 15) is 19.2 Å². The molecule has 7 aliphatic rings. The second-order valence-corrected chi connectivity index (χ2v) is 17.4. The molecule has 0 radical (unpaired) electrons. The van der Waals surface area contributed by atoms with Gasteiger partial charge in [0.1, 0.15) is 6.04 Å². The summed E-state index contributed by atoms with van der Waals surface area (Å²) in [7, 11) is 2.45. The largest absolute Gasteiger partial charge is 0.465 e. The Balaban J connectivity index is 1.05. The lowest BCUT2D eigenvalue weighted by Gasteiger charge is -2.57. The molecule has 3 atom stereocenters. The van der Waals surface area contributed by atoms with Crippen LogP contribution in [0.15, 0.2) is 97.1 Å². The van der Waals surface area contributed by atoms with E-state index in [-0.39, 0.29) is 46.4 Å². The summed E-state index contributed by atoms with van der Waals surface area (Å²) < 4.78 is 9.80. The predicted octanol–water partition coefficient (Wildman–Crippen LogP) is 6.78. The predicted molar refractivity (Wildman–Crippen MR) is 217 cm³/mol. The number of fused-ring (bicyclic) bond motifs is 1. The second kappa shape index (κ2) is 15.2. The van der Waals surface area contributed by atoms with Crippen LogP contribution in [0.2, 0.25) is 0 Å². The molecule has 0 unspecified atom stereocenters. The molecule has 3 N–H and O–H groups in total. The lowest BCUT2D eigenvalue weighted by molar-refractivity contribution is -0.139. The third-order valence-electron chi connectivity index (χ3n) is 13.8. The molecule has 7 aliphatic carbocycles. The molecule has 4 aromatic carbocycles. The highest BCUT2D eigenvalue weighted by Crippen LogP contribution is 2.61. The third kappa shape index (κ3) is 6.86. The normalized spacial score (nSPS) is 27.4. The highest BCUT2D eigenvalue weighted by atomic mass is 16.5. The lowest BCUT2D eigenvalue weighted by atomic mass is 9.49. The van der Waals surface area contributed by atoms with Gasteiger partial charge in [0.15, 0.2) is 0 Å². The average Bonchev–Trinajstić information content (AvgIpc) is 3.24. The summed E-state index contributed by atoms with van der Waals surface area (Å²) in [6, 6.07) is 28.7. The van der Waals surface area contributed by atoms with E-state index in [0.717, 1.165) is 64.8 Å². The zero-order valence-corrected chi connectivity index (χ0v) is 32.9. The van der Waals surface area contributed by atoms with Crippen molar-refractivity contribution in [2.75, 3.05) is 26.1 Å². The number of methoxy groups -OCH3 is 2. The van der Waals surface area contributed by atoms with Crippen molar-refractivity contribution in [3.8, 4) is 0 Å². The van der Waals surface area contributed by atoms with Crippen LogP contribution in [0.3, 0.4) is 0 Å². The van der Waals surface area contributed by atoms with Crippen LogP contribution in [0.25, 0.3) is 0 Å². The van der Waals surface area contributed by atoms with Crippen LogP contribution in [0, 0.1) is 35.0 Å². The Morgan fingerprint density at radius 2 is 1.10 bits per heavy atom. The molecule has 58 heavy (non-hydrogen) atoms. The van der Waals surface area contributed by atoms with Gasteiger partial charge in [0.25, 0.3) is 0 Å². The molecule has 10 nitrogen and oxygen atoms in total. The number of hydrogen-bond donors (Lipinski definition) is 3. The number of nitrogens with one attached hydrogen (secondary N) is 3. The Hall–Kier alpha value is -5.77. The molecular formula is C48H49N3O7. The van der Waals surface area contributed by atoms with Gasteiger partial charge in [-0.15, -0.1) is 0 Å². The van der Waals surface area contributed by atoms with Crippen molar-refractivity contribution < 1.29 is 33.4 Å². The van der Waals surface area contributed by atoms with E-state index >= 15 is 4.79 Å². The average molecular weight is 780 g/mol. The van der Waals surface area contributed by atoms with E-state index in [4.69, 9.17) is 9.47 Å². The van der Waals surface area contributed by atoms with Crippen LogP contribution in [-0.4, -0.2) is 56.5 Å². The molecular weight excluding hydrogens is 731 g/mol. The Labute approximate surface area is 338 Å². The fraction of sp³-hybridized carbons (Fsp3) is 0.396. The van der Waals surface area contributed by atoms with Crippen molar-refractivity contribution >= 4 is 35.3 Å². The molecule has 10 heteroatoms. The summed E-state index contributed by atoms with van der Waals surface area (Å²) in [4.78, 5) is 69.6. The Kier molecular flexibility index (Phi) is 9.90. The summed E-state index contributed by atoms with van der Waals surface area (Å²) >= 11 is 0. The minimum Gasteiger partial charge on any atom is -0.465 e. The lowest BCUT2D eigenvalue weighted by Crippen LogP contribution is -2.57. The number of esters is 2. The summed E-state index contributed by atoms with van der Waals surface area (Å²) in [5.41, 5.74) is 5.35. The highest BCUT2D eigenvalue weighted by molar-refractivity contribution is 6.02. The van der Waals surface area contributed by atoms with Crippen LogP contribution in [0.4, 0.5) is 5.69 Å². The number of carbonyl (C=O) groups excluding carboxylic acids is 5. The maximum absolute atomic E-state index is 15.2. The molecule has 3 amide bonds. The Morgan fingerprint density at radius 3 is 1.59 bits per heavy atom. The third-order valence-corrected chi connectivity index (χ3v) is 13.8. The van der Waals surface area contributed by atoms with Crippen LogP contribution >= 0.6 is 0 Å². The van der Waals surface area contributed by atoms with Crippen molar-refractivity contribution in [2.24, 2.45) is 35.0 Å². The number of amides is 3. The van der Waals surface area contributed by atoms with Crippen LogP contribution in [-0.2, 0) is 30.3 Å². The molecule has 0 aliphatic heterocycles. The fourth-order valence-corrected chi connectivity index (χ4v) is 11.9. The second-order valence-electron chi connectivity index (χ2n) is 17.4. The minimum atomic E-state index is -1.08. The molecule has 6 bridgehead atoms. The summed E-state index contributed by atoms with van der Waals surface area (Å²) in [6.07, 6.45) is 7.57. The Morgan fingerprint density at radius 1 is 0.638 bits per heavy atom. The van der Waals surface area contributed by atoms with E-state index in [1.54, 1.807) is 0 Å².